The molecule has 1 aromatic carbocycles. The van der Waals surface area contributed by atoms with E-state index in [1.807, 2.05) is 6.07 Å². The number of carbonyl (C=O) groups excluding carboxylic acids is 1. The molecule has 0 aromatic heterocycles. The molecular formula is C15H15F3N2O3. The van der Waals surface area contributed by atoms with Gasteiger partial charge in [-0.2, -0.15) is 18.4 Å². The molecule has 0 saturated heterocycles. The molecule has 124 valence electrons. The predicted molar refractivity (Wildman–Crippen MR) is 76.0 cm³/mol. The Morgan fingerprint density at radius 1 is 1.43 bits per heavy atom. The number of halogens is 3. The lowest BCUT2D eigenvalue weighted by Gasteiger charge is -2.22. The third-order valence-electron chi connectivity index (χ3n) is 2.72. The number of rotatable bonds is 7. The van der Waals surface area contributed by atoms with Crippen LogP contribution in [-0.4, -0.2) is 43.8 Å². The van der Waals surface area contributed by atoms with Gasteiger partial charge in [0.1, 0.15) is 6.54 Å². The van der Waals surface area contributed by atoms with Crippen LogP contribution < -0.4 is 9.47 Å². The molecule has 1 aromatic rings. The molecule has 0 heterocycles. The van der Waals surface area contributed by atoms with Gasteiger partial charge >= 0.3 is 6.18 Å². The molecule has 0 bridgehead atoms. The molecule has 0 N–H and O–H groups in total. The Morgan fingerprint density at radius 3 is 2.65 bits per heavy atom. The van der Waals surface area contributed by atoms with Crippen LogP contribution in [-0.2, 0) is 4.79 Å². The lowest BCUT2D eigenvalue weighted by molar-refractivity contribution is -0.161. The Bertz CT molecular complexity index is 609. The number of amides is 1. The van der Waals surface area contributed by atoms with E-state index >= 15 is 0 Å². The SMILES string of the molecule is C=CCN(CC(F)(F)F)C(=O)COc1ccc(C#N)cc1OC. The molecule has 8 heteroatoms. The van der Waals surface area contributed by atoms with Crippen LogP contribution in [0.25, 0.3) is 0 Å². The fraction of sp³-hybridized carbons (Fsp3) is 0.333. The number of methoxy groups -OCH3 is 1. The predicted octanol–water partition coefficient (Wildman–Crippen LogP) is 2.52. The van der Waals surface area contributed by atoms with Crippen molar-refractivity contribution in [1.29, 1.82) is 5.26 Å². The summed E-state index contributed by atoms with van der Waals surface area (Å²) in [6.45, 7) is 1.11. The lowest BCUT2D eigenvalue weighted by atomic mass is 10.2. The lowest BCUT2D eigenvalue weighted by Crippen LogP contribution is -2.41. The number of carbonyl (C=O) groups is 1. The minimum absolute atomic E-state index is 0.158. The van der Waals surface area contributed by atoms with E-state index in [0.717, 1.165) is 0 Å². The average molecular weight is 328 g/mol. The van der Waals surface area contributed by atoms with Gasteiger partial charge in [-0.3, -0.25) is 4.79 Å². The minimum Gasteiger partial charge on any atom is -0.493 e. The van der Waals surface area contributed by atoms with Gasteiger partial charge in [0.25, 0.3) is 5.91 Å². The maximum absolute atomic E-state index is 12.4. The maximum Gasteiger partial charge on any atom is 0.406 e. The highest BCUT2D eigenvalue weighted by Crippen LogP contribution is 2.28. The Morgan fingerprint density at radius 2 is 2.13 bits per heavy atom. The summed E-state index contributed by atoms with van der Waals surface area (Å²) in [5.74, 6) is -0.470. The largest absolute Gasteiger partial charge is 0.493 e. The fourth-order valence-electron chi connectivity index (χ4n) is 1.71. The summed E-state index contributed by atoms with van der Waals surface area (Å²) in [4.78, 5) is 12.5. The number of ether oxygens (including phenoxy) is 2. The standard InChI is InChI=1S/C15H15F3N2O3/c1-3-6-20(10-15(16,17)18)14(21)9-23-12-5-4-11(8-19)7-13(12)22-2/h3-5,7H,1,6,9-10H2,2H3. The van der Waals surface area contributed by atoms with Crippen LogP contribution in [0.2, 0.25) is 0 Å². The maximum atomic E-state index is 12.4. The van der Waals surface area contributed by atoms with Crippen molar-refractivity contribution in [3.63, 3.8) is 0 Å². The molecule has 0 spiro atoms. The molecule has 0 unspecified atom stereocenters. The molecule has 0 atom stereocenters. The minimum atomic E-state index is -4.51. The molecule has 0 aliphatic rings. The second-order valence-electron chi connectivity index (χ2n) is 4.44. The third-order valence-corrected chi connectivity index (χ3v) is 2.72. The first-order valence-corrected chi connectivity index (χ1v) is 6.47. The van der Waals surface area contributed by atoms with Crippen molar-refractivity contribution in [1.82, 2.24) is 4.90 Å². The first-order chi connectivity index (χ1) is 10.8. The van der Waals surface area contributed by atoms with E-state index in [2.05, 4.69) is 6.58 Å². The van der Waals surface area contributed by atoms with Crippen LogP contribution in [0.5, 0.6) is 11.5 Å². The van der Waals surface area contributed by atoms with Gasteiger partial charge in [-0.1, -0.05) is 6.08 Å². The fourth-order valence-corrected chi connectivity index (χ4v) is 1.71. The van der Waals surface area contributed by atoms with Crippen molar-refractivity contribution in [3.05, 3.63) is 36.4 Å². The van der Waals surface area contributed by atoms with E-state index in [1.54, 1.807) is 0 Å². The van der Waals surface area contributed by atoms with Crippen molar-refractivity contribution in [2.75, 3.05) is 26.8 Å². The smallest absolute Gasteiger partial charge is 0.406 e. The van der Waals surface area contributed by atoms with Crippen LogP contribution in [0.3, 0.4) is 0 Å². The Balaban J connectivity index is 2.77. The third kappa shape index (κ3) is 5.90. The highest BCUT2D eigenvalue weighted by molar-refractivity contribution is 5.78. The number of hydrogen-bond acceptors (Lipinski definition) is 4. The normalized spacial score (nSPS) is 10.6. The molecule has 23 heavy (non-hydrogen) atoms. The Labute approximate surface area is 131 Å². The number of nitrogens with zero attached hydrogens (tertiary/aromatic N) is 2. The zero-order valence-corrected chi connectivity index (χ0v) is 12.4. The molecule has 0 aliphatic heterocycles. The summed E-state index contributed by atoms with van der Waals surface area (Å²) >= 11 is 0. The van der Waals surface area contributed by atoms with E-state index in [-0.39, 0.29) is 18.0 Å². The number of hydrogen-bond donors (Lipinski definition) is 0. The van der Waals surface area contributed by atoms with Gasteiger partial charge in [0, 0.05) is 12.6 Å². The Kier molecular flexibility index (Phi) is 6.45. The highest BCUT2D eigenvalue weighted by atomic mass is 19.4. The average Bonchev–Trinajstić information content (AvgIpc) is 2.50. The Hall–Kier alpha value is -2.69. The number of benzene rings is 1. The highest BCUT2D eigenvalue weighted by Gasteiger charge is 2.32. The zero-order chi connectivity index (χ0) is 17.5. The summed E-state index contributed by atoms with van der Waals surface area (Å²) in [5, 5.41) is 8.78. The van der Waals surface area contributed by atoms with E-state index in [0.29, 0.717) is 10.5 Å². The first kappa shape index (κ1) is 18.4. The van der Waals surface area contributed by atoms with Gasteiger partial charge in [-0.25, -0.2) is 0 Å². The molecule has 1 amide bonds. The van der Waals surface area contributed by atoms with Gasteiger partial charge in [-0.15, -0.1) is 6.58 Å². The van der Waals surface area contributed by atoms with Crippen LogP contribution in [0, 0.1) is 11.3 Å². The summed E-state index contributed by atoms with van der Waals surface area (Å²) < 4.78 is 47.5. The summed E-state index contributed by atoms with van der Waals surface area (Å²) in [7, 11) is 1.35. The number of nitriles is 1. The van der Waals surface area contributed by atoms with Crippen molar-refractivity contribution in [2.45, 2.75) is 6.18 Å². The van der Waals surface area contributed by atoms with E-state index < -0.39 is 25.2 Å². The number of alkyl halides is 3. The van der Waals surface area contributed by atoms with Crippen LogP contribution in [0.1, 0.15) is 5.56 Å². The molecule has 0 saturated carbocycles. The van der Waals surface area contributed by atoms with Gasteiger partial charge < -0.3 is 14.4 Å². The topological polar surface area (TPSA) is 62.6 Å². The van der Waals surface area contributed by atoms with Gasteiger partial charge in [-0.05, 0) is 12.1 Å². The molecule has 0 aliphatic carbocycles. The quantitative estimate of drug-likeness (QED) is 0.722. The molecule has 0 radical (unpaired) electrons. The second kappa shape index (κ2) is 8.08. The van der Waals surface area contributed by atoms with Gasteiger partial charge in [0.2, 0.25) is 0 Å². The molecular weight excluding hydrogens is 313 g/mol. The van der Waals surface area contributed by atoms with Crippen molar-refractivity contribution in [2.24, 2.45) is 0 Å². The van der Waals surface area contributed by atoms with Crippen molar-refractivity contribution < 1.29 is 27.4 Å². The van der Waals surface area contributed by atoms with Crippen LogP contribution in [0.4, 0.5) is 13.2 Å². The zero-order valence-electron chi connectivity index (χ0n) is 12.4. The van der Waals surface area contributed by atoms with Crippen molar-refractivity contribution in [3.8, 4) is 17.6 Å². The molecule has 1 rings (SSSR count). The van der Waals surface area contributed by atoms with Crippen molar-refractivity contribution >= 4 is 5.91 Å². The van der Waals surface area contributed by atoms with Gasteiger partial charge in [0.05, 0.1) is 18.7 Å². The second-order valence-corrected chi connectivity index (χ2v) is 4.44. The summed E-state index contributed by atoms with van der Waals surface area (Å²) in [6, 6.07) is 6.16. The summed E-state index contributed by atoms with van der Waals surface area (Å²) in [6.07, 6.45) is -3.31. The molecule has 5 nitrogen and oxygen atoms in total. The van der Waals surface area contributed by atoms with Gasteiger partial charge in [0.15, 0.2) is 18.1 Å². The first-order valence-electron chi connectivity index (χ1n) is 6.47. The van der Waals surface area contributed by atoms with E-state index in [1.165, 1.54) is 31.4 Å². The van der Waals surface area contributed by atoms with E-state index in [4.69, 9.17) is 14.7 Å². The monoisotopic (exact) mass is 328 g/mol. The van der Waals surface area contributed by atoms with E-state index in [9.17, 15) is 18.0 Å². The molecule has 0 fully saturated rings. The van der Waals surface area contributed by atoms with Crippen LogP contribution in [0.15, 0.2) is 30.9 Å². The van der Waals surface area contributed by atoms with Crippen LogP contribution >= 0.6 is 0 Å². The summed E-state index contributed by atoms with van der Waals surface area (Å²) in [5.41, 5.74) is 0.325.